The molecule has 7 heteroatoms. The number of hydrogen-bond donors (Lipinski definition) is 3. The molecule has 5 nitrogen and oxygen atoms in total. The SMILES string of the molecule is O=C(O)CC/C(=N\NC(=S)NCc1ccccc1)c1cccs1. The molecule has 1 heterocycles. The molecule has 0 atom stereocenters. The minimum Gasteiger partial charge on any atom is -0.481 e. The number of thiophene rings is 1. The molecule has 0 aliphatic heterocycles. The summed E-state index contributed by atoms with van der Waals surface area (Å²) < 4.78 is 0. The van der Waals surface area contributed by atoms with E-state index in [2.05, 4.69) is 15.8 Å². The Kier molecular flexibility index (Phi) is 6.71. The highest BCUT2D eigenvalue weighted by Gasteiger charge is 2.08. The molecule has 0 amide bonds. The lowest BCUT2D eigenvalue weighted by Crippen LogP contribution is -2.32. The number of carboxylic acids is 1. The molecule has 0 unspecified atom stereocenters. The Hall–Kier alpha value is -2.25. The molecule has 0 saturated heterocycles. The Morgan fingerprint density at radius 3 is 2.61 bits per heavy atom. The van der Waals surface area contributed by atoms with Crippen LogP contribution in [-0.4, -0.2) is 21.9 Å². The summed E-state index contributed by atoms with van der Waals surface area (Å²) in [5.41, 5.74) is 4.59. The fourth-order valence-corrected chi connectivity index (χ4v) is 2.70. The smallest absolute Gasteiger partial charge is 0.303 e. The third-order valence-corrected chi connectivity index (χ3v) is 4.12. The summed E-state index contributed by atoms with van der Waals surface area (Å²) in [6, 6.07) is 13.7. The quantitative estimate of drug-likeness (QED) is 0.408. The van der Waals surface area contributed by atoms with Gasteiger partial charge >= 0.3 is 5.97 Å². The molecule has 23 heavy (non-hydrogen) atoms. The van der Waals surface area contributed by atoms with E-state index in [0.717, 1.165) is 10.4 Å². The number of nitrogens with one attached hydrogen (secondary N) is 2. The Morgan fingerprint density at radius 1 is 1.17 bits per heavy atom. The van der Waals surface area contributed by atoms with Crippen molar-refractivity contribution >= 4 is 40.3 Å². The Balaban J connectivity index is 1.91. The van der Waals surface area contributed by atoms with Crippen molar-refractivity contribution in [2.45, 2.75) is 19.4 Å². The Morgan fingerprint density at radius 2 is 1.96 bits per heavy atom. The lowest BCUT2D eigenvalue weighted by atomic mass is 10.2. The predicted octanol–water partition coefficient (Wildman–Crippen LogP) is 2.98. The number of hydrogen-bond acceptors (Lipinski definition) is 4. The van der Waals surface area contributed by atoms with Crippen LogP contribution in [0.3, 0.4) is 0 Å². The van der Waals surface area contributed by atoms with E-state index in [9.17, 15) is 4.79 Å². The molecule has 120 valence electrons. The second-order valence-corrected chi connectivity index (χ2v) is 6.07. The Labute approximate surface area is 144 Å². The van der Waals surface area contributed by atoms with Gasteiger partial charge in [0.05, 0.1) is 17.0 Å². The number of carbonyl (C=O) groups is 1. The summed E-state index contributed by atoms with van der Waals surface area (Å²) in [5, 5.41) is 18.5. The van der Waals surface area contributed by atoms with Crippen molar-refractivity contribution in [2.24, 2.45) is 5.10 Å². The molecular formula is C16H17N3O2S2. The van der Waals surface area contributed by atoms with Crippen LogP contribution in [0.4, 0.5) is 0 Å². The maximum Gasteiger partial charge on any atom is 0.303 e. The summed E-state index contributed by atoms with van der Waals surface area (Å²) >= 11 is 6.71. The van der Waals surface area contributed by atoms with E-state index in [0.29, 0.717) is 23.8 Å². The van der Waals surface area contributed by atoms with Crippen LogP contribution in [0.5, 0.6) is 0 Å². The summed E-state index contributed by atoms with van der Waals surface area (Å²) in [6.45, 7) is 0.603. The molecule has 0 spiro atoms. The number of thiocarbonyl (C=S) groups is 1. The third-order valence-electron chi connectivity index (χ3n) is 2.97. The van der Waals surface area contributed by atoms with Crippen molar-refractivity contribution in [3.8, 4) is 0 Å². The van der Waals surface area contributed by atoms with Gasteiger partial charge in [-0.15, -0.1) is 11.3 Å². The van der Waals surface area contributed by atoms with E-state index in [1.165, 1.54) is 11.3 Å². The number of hydrazone groups is 1. The van der Waals surface area contributed by atoms with Crippen LogP contribution in [0, 0.1) is 0 Å². The van der Waals surface area contributed by atoms with Crippen molar-refractivity contribution in [3.05, 3.63) is 58.3 Å². The first kappa shape index (κ1) is 17.1. The number of aliphatic carboxylic acids is 1. The second-order valence-electron chi connectivity index (χ2n) is 4.71. The van der Waals surface area contributed by atoms with E-state index in [1.54, 1.807) is 0 Å². The molecule has 2 aromatic rings. The zero-order chi connectivity index (χ0) is 16.5. The normalized spacial score (nSPS) is 11.0. The molecule has 0 aliphatic carbocycles. The van der Waals surface area contributed by atoms with Gasteiger partial charge in [-0.1, -0.05) is 36.4 Å². The molecule has 0 aliphatic rings. The largest absolute Gasteiger partial charge is 0.481 e. The van der Waals surface area contributed by atoms with Crippen LogP contribution in [0.15, 0.2) is 52.9 Å². The summed E-state index contributed by atoms with van der Waals surface area (Å²) in [7, 11) is 0. The standard InChI is InChI=1S/C16H17N3O2S2/c20-15(21)9-8-13(14-7-4-10-23-14)18-19-16(22)17-11-12-5-2-1-3-6-12/h1-7,10H,8-9,11H2,(H,20,21)(H2,17,19,22)/b18-13+. The van der Waals surface area contributed by atoms with Gasteiger partial charge in [0, 0.05) is 13.0 Å². The van der Waals surface area contributed by atoms with Gasteiger partial charge in [-0.25, -0.2) is 0 Å². The molecule has 0 fully saturated rings. The fourth-order valence-electron chi connectivity index (χ4n) is 1.84. The molecule has 2 rings (SSSR count). The van der Waals surface area contributed by atoms with Gasteiger partial charge < -0.3 is 10.4 Å². The fraction of sp³-hybridized carbons (Fsp3) is 0.188. The van der Waals surface area contributed by atoms with Gasteiger partial charge in [0.15, 0.2) is 5.11 Å². The van der Waals surface area contributed by atoms with Crippen molar-refractivity contribution < 1.29 is 9.90 Å². The van der Waals surface area contributed by atoms with Crippen molar-refractivity contribution in [3.63, 3.8) is 0 Å². The van der Waals surface area contributed by atoms with E-state index in [1.807, 2.05) is 47.8 Å². The molecule has 0 radical (unpaired) electrons. The first-order chi connectivity index (χ1) is 11.1. The average molecular weight is 347 g/mol. The number of rotatable bonds is 7. The third kappa shape index (κ3) is 6.17. The average Bonchev–Trinajstić information content (AvgIpc) is 3.08. The van der Waals surface area contributed by atoms with Crippen molar-refractivity contribution in [1.29, 1.82) is 0 Å². The first-order valence-electron chi connectivity index (χ1n) is 7.05. The first-order valence-corrected chi connectivity index (χ1v) is 8.34. The highest BCUT2D eigenvalue weighted by Crippen LogP contribution is 2.13. The van der Waals surface area contributed by atoms with Crippen molar-refractivity contribution in [1.82, 2.24) is 10.7 Å². The summed E-state index contributed by atoms with van der Waals surface area (Å²) in [6.07, 6.45) is 0.382. The summed E-state index contributed by atoms with van der Waals surface area (Å²) in [4.78, 5) is 11.7. The molecule has 0 bridgehead atoms. The maximum absolute atomic E-state index is 10.8. The van der Waals surface area contributed by atoms with Crippen LogP contribution < -0.4 is 10.7 Å². The number of nitrogens with zero attached hydrogens (tertiary/aromatic N) is 1. The van der Waals surface area contributed by atoms with Crippen LogP contribution in [0.25, 0.3) is 0 Å². The minimum absolute atomic E-state index is 0.0304. The van der Waals surface area contributed by atoms with Crippen LogP contribution >= 0.6 is 23.6 Å². The van der Waals surface area contributed by atoms with E-state index < -0.39 is 5.97 Å². The predicted molar refractivity (Wildman–Crippen MR) is 96.7 cm³/mol. The maximum atomic E-state index is 10.8. The minimum atomic E-state index is -0.848. The van der Waals surface area contributed by atoms with Crippen molar-refractivity contribution in [2.75, 3.05) is 0 Å². The number of carboxylic acid groups (broad SMARTS) is 1. The second kappa shape index (κ2) is 9.02. The zero-order valence-electron chi connectivity index (χ0n) is 12.4. The lowest BCUT2D eigenvalue weighted by molar-refractivity contribution is -0.136. The van der Waals surface area contributed by atoms with Gasteiger partial charge in [-0.05, 0) is 29.2 Å². The highest BCUT2D eigenvalue weighted by molar-refractivity contribution is 7.80. The van der Waals surface area contributed by atoms with Gasteiger partial charge in [0.25, 0.3) is 0 Å². The monoisotopic (exact) mass is 347 g/mol. The lowest BCUT2D eigenvalue weighted by Gasteiger charge is -2.09. The van der Waals surface area contributed by atoms with E-state index in [-0.39, 0.29) is 6.42 Å². The van der Waals surface area contributed by atoms with Gasteiger partial charge in [0.2, 0.25) is 0 Å². The van der Waals surface area contributed by atoms with Gasteiger partial charge in [-0.3, -0.25) is 10.2 Å². The molecule has 3 N–H and O–H groups in total. The van der Waals surface area contributed by atoms with Crippen LogP contribution in [0.1, 0.15) is 23.3 Å². The van der Waals surface area contributed by atoms with Gasteiger partial charge in [-0.2, -0.15) is 5.10 Å². The topological polar surface area (TPSA) is 73.7 Å². The molecule has 1 aromatic heterocycles. The van der Waals surface area contributed by atoms with E-state index in [4.69, 9.17) is 17.3 Å². The van der Waals surface area contributed by atoms with Crippen LogP contribution in [0.2, 0.25) is 0 Å². The zero-order valence-corrected chi connectivity index (χ0v) is 14.0. The molecule has 1 aromatic carbocycles. The van der Waals surface area contributed by atoms with E-state index >= 15 is 0 Å². The molecular weight excluding hydrogens is 330 g/mol. The summed E-state index contributed by atoms with van der Waals surface area (Å²) in [5.74, 6) is -0.848. The highest BCUT2D eigenvalue weighted by atomic mass is 32.1. The Bertz CT molecular complexity index is 670. The molecule has 0 saturated carbocycles. The van der Waals surface area contributed by atoms with Crippen LogP contribution in [-0.2, 0) is 11.3 Å². The number of benzene rings is 1. The van der Waals surface area contributed by atoms with Gasteiger partial charge in [0.1, 0.15) is 0 Å².